The van der Waals surface area contributed by atoms with Crippen LogP contribution in [-0.2, 0) is 10.2 Å². The molecule has 0 radical (unpaired) electrons. The number of carbonyl (C=O) groups excluding carboxylic acids is 1. The molecule has 1 saturated heterocycles. The Balaban J connectivity index is 2.01. The third-order valence-corrected chi connectivity index (χ3v) is 6.01. The Hall–Kier alpha value is -1.45. The third kappa shape index (κ3) is 2.64. The molecule has 116 valence electrons. The van der Waals surface area contributed by atoms with Crippen molar-refractivity contribution in [2.45, 2.75) is 32.1 Å². The number of hydrogen-bond acceptors (Lipinski definition) is 3. The summed E-state index contributed by atoms with van der Waals surface area (Å²) in [5.74, 6) is 0.318. The van der Waals surface area contributed by atoms with E-state index in [2.05, 4.69) is 47.5 Å². The monoisotopic (exact) mass is 313 g/mol. The number of likely N-dealkylation sites (tertiary alicyclic amines) is 1. The topological polar surface area (TPSA) is 20.3 Å². The maximum absolute atomic E-state index is 12.6. The maximum atomic E-state index is 12.6. The Bertz CT molecular complexity index is 638. The molecule has 0 bridgehead atoms. The van der Waals surface area contributed by atoms with E-state index in [1.807, 2.05) is 6.07 Å². The van der Waals surface area contributed by atoms with Crippen molar-refractivity contribution in [3.63, 3.8) is 0 Å². The Morgan fingerprint density at radius 1 is 1.18 bits per heavy atom. The van der Waals surface area contributed by atoms with Gasteiger partial charge in [-0.2, -0.15) is 0 Å². The average molecular weight is 313 g/mol. The SMILES string of the molecule is CCN1CCC(C(C)=O)(c2ccsc2-c2ccccc2)CC1. The molecule has 2 heterocycles. The summed E-state index contributed by atoms with van der Waals surface area (Å²) in [6, 6.07) is 12.6. The standard InChI is InChI=1S/C19H23NOS/c1-3-20-12-10-19(11-13-20,15(2)21)17-9-14-22-18(17)16-7-5-4-6-8-16/h4-9,14H,3,10-13H2,1-2H3. The smallest absolute Gasteiger partial charge is 0.140 e. The predicted octanol–water partition coefficient (Wildman–Crippen LogP) is 4.36. The van der Waals surface area contributed by atoms with E-state index in [4.69, 9.17) is 0 Å². The number of hydrogen-bond donors (Lipinski definition) is 0. The van der Waals surface area contributed by atoms with Crippen LogP contribution in [-0.4, -0.2) is 30.3 Å². The van der Waals surface area contributed by atoms with Crippen LogP contribution in [0.3, 0.4) is 0 Å². The van der Waals surface area contributed by atoms with Crippen LogP contribution in [0.2, 0.25) is 0 Å². The van der Waals surface area contributed by atoms with Gasteiger partial charge in [0, 0.05) is 4.88 Å². The minimum absolute atomic E-state index is 0.295. The number of Topliss-reactive ketones (excluding diaryl/α,β-unsaturated/α-hetero) is 1. The van der Waals surface area contributed by atoms with Crippen molar-refractivity contribution in [3.05, 3.63) is 47.3 Å². The first kappa shape index (κ1) is 15.4. The van der Waals surface area contributed by atoms with Gasteiger partial charge in [0.1, 0.15) is 5.78 Å². The molecule has 22 heavy (non-hydrogen) atoms. The highest BCUT2D eigenvalue weighted by Gasteiger charge is 2.42. The quantitative estimate of drug-likeness (QED) is 0.836. The predicted molar refractivity (Wildman–Crippen MR) is 93.5 cm³/mol. The summed E-state index contributed by atoms with van der Waals surface area (Å²) in [6.07, 6.45) is 1.87. The number of thiophene rings is 1. The van der Waals surface area contributed by atoms with Gasteiger partial charge >= 0.3 is 0 Å². The molecule has 0 unspecified atom stereocenters. The molecule has 0 spiro atoms. The lowest BCUT2D eigenvalue weighted by molar-refractivity contribution is -0.124. The van der Waals surface area contributed by atoms with Gasteiger partial charge in [0.25, 0.3) is 0 Å². The van der Waals surface area contributed by atoms with Crippen molar-refractivity contribution in [3.8, 4) is 10.4 Å². The zero-order chi connectivity index (χ0) is 15.6. The number of carbonyl (C=O) groups is 1. The molecule has 1 aliphatic heterocycles. The van der Waals surface area contributed by atoms with Crippen LogP contribution in [0.4, 0.5) is 0 Å². The minimum Gasteiger partial charge on any atom is -0.304 e. The van der Waals surface area contributed by atoms with E-state index in [9.17, 15) is 4.79 Å². The molecular weight excluding hydrogens is 290 g/mol. The average Bonchev–Trinajstić information content (AvgIpc) is 3.05. The first-order valence-electron chi connectivity index (χ1n) is 8.04. The van der Waals surface area contributed by atoms with E-state index in [-0.39, 0.29) is 5.41 Å². The Kier molecular flexibility index (Phi) is 4.46. The van der Waals surface area contributed by atoms with Gasteiger partial charge in [-0.05, 0) is 62.0 Å². The van der Waals surface area contributed by atoms with E-state index >= 15 is 0 Å². The summed E-state index contributed by atoms with van der Waals surface area (Å²) in [5, 5.41) is 2.13. The fourth-order valence-corrected chi connectivity index (χ4v) is 4.56. The minimum atomic E-state index is -0.295. The third-order valence-electron chi connectivity index (χ3n) is 5.05. The molecule has 1 aromatic heterocycles. The maximum Gasteiger partial charge on any atom is 0.140 e. The molecule has 2 aromatic rings. The van der Waals surface area contributed by atoms with Crippen LogP contribution in [0, 0.1) is 0 Å². The molecule has 2 nitrogen and oxygen atoms in total. The van der Waals surface area contributed by atoms with Crippen LogP contribution in [0.25, 0.3) is 10.4 Å². The molecule has 0 saturated carbocycles. The second-order valence-electron chi connectivity index (χ2n) is 6.10. The largest absolute Gasteiger partial charge is 0.304 e. The van der Waals surface area contributed by atoms with Crippen LogP contribution in [0.1, 0.15) is 32.3 Å². The first-order chi connectivity index (χ1) is 10.7. The van der Waals surface area contributed by atoms with Gasteiger partial charge in [-0.1, -0.05) is 37.3 Å². The molecule has 3 heteroatoms. The first-order valence-corrected chi connectivity index (χ1v) is 8.92. The van der Waals surface area contributed by atoms with Crippen molar-refractivity contribution in [2.75, 3.05) is 19.6 Å². The second kappa shape index (κ2) is 6.35. The molecular formula is C19H23NOS. The summed E-state index contributed by atoms with van der Waals surface area (Å²) in [5.41, 5.74) is 2.18. The second-order valence-corrected chi connectivity index (χ2v) is 7.02. The summed E-state index contributed by atoms with van der Waals surface area (Å²) < 4.78 is 0. The lowest BCUT2D eigenvalue weighted by atomic mass is 9.69. The molecule has 0 atom stereocenters. The Labute approximate surface area is 136 Å². The van der Waals surface area contributed by atoms with E-state index in [1.54, 1.807) is 18.3 Å². The van der Waals surface area contributed by atoms with Crippen LogP contribution in [0.5, 0.6) is 0 Å². The number of rotatable bonds is 4. The molecule has 1 aliphatic rings. The number of ketones is 1. The van der Waals surface area contributed by atoms with E-state index < -0.39 is 0 Å². The Morgan fingerprint density at radius 3 is 2.45 bits per heavy atom. The number of piperidine rings is 1. The summed E-state index contributed by atoms with van der Waals surface area (Å²) >= 11 is 1.75. The summed E-state index contributed by atoms with van der Waals surface area (Å²) in [6.45, 7) is 7.07. The zero-order valence-electron chi connectivity index (χ0n) is 13.3. The van der Waals surface area contributed by atoms with Crippen molar-refractivity contribution >= 4 is 17.1 Å². The van der Waals surface area contributed by atoms with Crippen LogP contribution >= 0.6 is 11.3 Å². The number of benzene rings is 1. The van der Waals surface area contributed by atoms with Crippen LogP contribution in [0.15, 0.2) is 41.8 Å². The zero-order valence-corrected chi connectivity index (χ0v) is 14.2. The molecule has 1 fully saturated rings. The van der Waals surface area contributed by atoms with Crippen LogP contribution < -0.4 is 0 Å². The van der Waals surface area contributed by atoms with Gasteiger partial charge in [0.2, 0.25) is 0 Å². The normalized spacial score (nSPS) is 18.3. The van der Waals surface area contributed by atoms with Gasteiger partial charge in [0.05, 0.1) is 5.41 Å². The van der Waals surface area contributed by atoms with Gasteiger partial charge < -0.3 is 4.90 Å². The van der Waals surface area contributed by atoms with Crippen molar-refractivity contribution in [2.24, 2.45) is 0 Å². The van der Waals surface area contributed by atoms with E-state index in [1.165, 1.54) is 16.0 Å². The lowest BCUT2D eigenvalue weighted by Crippen LogP contribution is -2.46. The van der Waals surface area contributed by atoms with E-state index in [0.717, 1.165) is 32.5 Å². The highest BCUT2D eigenvalue weighted by Crippen LogP contribution is 2.43. The summed E-state index contributed by atoms with van der Waals surface area (Å²) in [4.78, 5) is 16.3. The molecule has 0 N–H and O–H groups in total. The fourth-order valence-electron chi connectivity index (χ4n) is 3.56. The van der Waals surface area contributed by atoms with Crippen molar-refractivity contribution in [1.82, 2.24) is 4.90 Å². The van der Waals surface area contributed by atoms with Gasteiger partial charge in [0.15, 0.2) is 0 Å². The highest BCUT2D eigenvalue weighted by atomic mass is 32.1. The van der Waals surface area contributed by atoms with Gasteiger partial charge in [-0.25, -0.2) is 0 Å². The number of nitrogens with zero attached hydrogens (tertiary/aromatic N) is 1. The van der Waals surface area contributed by atoms with Crippen molar-refractivity contribution < 1.29 is 4.79 Å². The molecule has 1 aromatic carbocycles. The Morgan fingerprint density at radius 2 is 1.86 bits per heavy atom. The fraction of sp³-hybridized carbons (Fsp3) is 0.421. The highest BCUT2D eigenvalue weighted by molar-refractivity contribution is 7.13. The lowest BCUT2D eigenvalue weighted by Gasteiger charge is -2.40. The summed E-state index contributed by atoms with van der Waals surface area (Å²) in [7, 11) is 0. The van der Waals surface area contributed by atoms with Crippen molar-refractivity contribution in [1.29, 1.82) is 0 Å². The van der Waals surface area contributed by atoms with Gasteiger partial charge in [-0.15, -0.1) is 11.3 Å². The van der Waals surface area contributed by atoms with Gasteiger partial charge in [-0.3, -0.25) is 4.79 Å². The molecule has 0 amide bonds. The molecule has 3 rings (SSSR count). The van der Waals surface area contributed by atoms with E-state index in [0.29, 0.717) is 5.78 Å². The molecule has 0 aliphatic carbocycles.